The molecule has 0 saturated carbocycles. The van der Waals surface area contributed by atoms with Crippen molar-refractivity contribution in [1.29, 1.82) is 0 Å². The number of ketones is 1. The average Bonchev–Trinajstić information content (AvgIpc) is 3.42. The molecule has 0 saturated heterocycles. The number of para-hydroxylation sites is 1. The van der Waals surface area contributed by atoms with Crippen LogP contribution in [0.25, 0.3) is 17.1 Å². The Balaban J connectivity index is 1.61. The Bertz CT molecular complexity index is 1260. The molecule has 2 heterocycles. The highest BCUT2D eigenvalue weighted by atomic mass is 32.2. The van der Waals surface area contributed by atoms with Gasteiger partial charge in [0.25, 0.3) is 0 Å². The number of ether oxygens (including phenoxy) is 2. The number of nitrogens with zero attached hydrogens (tertiary/aromatic N) is 4. The van der Waals surface area contributed by atoms with Crippen LogP contribution in [0.5, 0.6) is 5.75 Å². The van der Waals surface area contributed by atoms with Crippen LogP contribution >= 0.6 is 11.8 Å². The SMILES string of the molecule is COCCn1c(C)cc(C(=O)CSc2nnc(-c3ccc(OC)cc3)n2-c2ccccc2)c1C. The third-order valence-corrected chi connectivity index (χ3v) is 6.65. The highest BCUT2D eigenvalue weighted by molar-refractivity contribution is 7.99. The summed E-state index contributed by atoms with van der Waals surface area (Å²) < 4.78 is 14.6. The molecule has 0 amide bonds. The number of aromatic nitrogens is 4. The van der Waals surface area contributed by atoms with Crippen LogP contribution in [0.4, 0.5) is 0 Å². The first-order chi connectivity index (χ1) is 16.5. The Morgan fingerprint density at radius 3 is 2.41 bits per heavy atom. The molecule has 0 aliphatic rings. The zero-order valence-corrected chi connectivity index (χ0v) is 20.6. The van der Waals surface area contributed by atoms with Crippen molar-refractivity contribution in [3.8, 4) is 22.8 Å². The van der Waals surface area contributed by atoms with Crippen LogP contribution in [0, 0.1) is 13.8 Å². The van der Waals surface area contributed by atoms with Gasteiger partial charge in [-0.1, -0.05) is 30.0 Å². The lowest BCUT2D eigenvalue weighted by atomic mass is 10.2. The number of hydrogen-bond donors (Lipinski definition) is 0. The molecule has 0 N–H and O–H groups in total. The van der Waals surface area contributed by atoms with E-state index >= 15 is 0 Å². The Kier molecular flexibility index (Phi) is 7.49. The Labute approximate surface area is 203 Å². The van der Waals surface area contributed by atoms with E-state index in [1.165, 1.54) is 11.8 Å². The van der Waals surface area contributed by atoms with Crippen molar-refractivity contribution < 1.29 is 14.3 Å². The van der Waals surface area contributed by atoms with Gasteiger partial charge in [-0.25, -0.2) is 0 Å². The van der Waals surface area contributed by atoms with Crippen molar-refractivity contribution in [3.63, 3.8) is 0 Å². The van der Waals surface area contributed by atoms with Crippen LogP contribution in [0.15, 0.2) is 65.8 Å². The van der Waals surface area contributed by atoms with Crippen LogP contribution in [0.2, 0.25) is 0 Å². The molecule has 2 aromatic carbocycles. The number of Topliss-reactive ketones (excluding diaryl/α,β-unsaturated/α-hetero) is 1. The van der Waals surface area contributed by atoms with E-state index in [2.05, 4.69) is 14.8 Å². The summed E-state index contributed by atoms with van der Waals surface area (Å²) in [5, 5.41) is 9.56. The van der Waals surface area contributed by atoms with Crippen LogP contribution in [-0.2, 0) is 11.3 Å². The zero-order valence-electron chi connectivity index (χ0n) is 19.8. The van der Waals surface area contributed by atoms with Gasteiger partial charge in [0.05, 0.1) is 19.5 Å². The Morgan fingerprint density at radius 1 is 1.00 bits per heavy atom. The summed E-state index contributed by atoms with van der Waals surface area (Å²) in [6, 6.07) is 19.6. The molecule has 176 valence electrons. The molecule has 0 spiro atoms. The molecule has 0 unspecified atom stereocenters. The average molecular weight is 477 g/mol. The molecule has 0 aliphatic heterocycles. The largest absolute Gasteiger partial charge is 0.497 e. The maximum absolute atomic E-state index is 13.1. The summed E-state index contributed by atoms with van der Waals surface area (Å²) in [6.45, 7) is 5.32. The summed E-state index contributed by atoms with van der Waals surface area (Å²) in [7, 11) is 3.32. The first-order valence-electron chi connectivity index (χ1n) is 11.0. The third-order valence-electron chi connectivity index (χ3n) is 5.72. The number of carbonyl (C=O) groups is 1. The highest BCUT2D eigenvalue weighted by Gasteiger charge is 2.20. The molecular formula is C26H28N4O3S. The number of carbonyl (C=O) groups excluding carboxylic acids is 1. The van der Waals surface area contributed by atoms with Crippen molar-refractivity contribution in [1.82, 2.24) is 19.3 Å². The van der Waals surface area contributed by atoms with Crippen LogP contribution < -0.4 is 4.74 Å². The monoisotopic (exact) mass is 476 g/mol. The molecule has 4 rings (SSSR count). The molecule has 0 atom stereocenters. The maximum atomic E-state index is 13.1. The number of hydrogen-bond acceptors (Lipinski definition) is 6. The van der Waals surface area contributed by atoms with Crippen molar-refractivity contribution in [3.05, 3.63) is 77.6 Å². The third kappa shape index (κ3) is 4.93. The van der Waals surface area contributed by atoms with E-state index in [1.54, 1.807) is 14.2 Å². The van der Waals surface area contributed by atoms with E-state index < -0.39 is 0 Å². The fourth-order valence-corrected chi connectivity index (χ4v) is 4.75. The quantitative estimate of drug-likeness (QED) is 0.237. The minimum atomic E-state index is 0.0652. The van der Waals surface area contributed by atoms with Gasteiger partial charge in [0.15, 0.2) is 16.8 Å². The van der Waals surface area contributed by atoms with Gasteiger partial charge in [0, 0.05) is 41.9 Å². The second-order valence-electron chi connectivity index (χ2n) is 7.85. The lowest BCUT2D eigenvalue weighted by molar-refractivity contribution is 0.102. The maximum Gasteiger partial charge on any atom is 0.196 e. The van der Waals surface area contributed by atoms with E-state index in [4.69, 9.17) is 9.47 Å². The van der Waals surface area contributed by atoms with E-state index in [0.717, 1.165) is 40.5 Å². The number of methoxy groups -OCH3 is 2. The summed E-state index contributed by atoms with van der Waals surface area (Å²) >= 11 is 1.39. The molecule has 0 aliphatic carbocycles. The Hall–Kier alpha value is -3.36. The summed E-state index contributed by atoms with van der Waals surface area (Å²) in [5.41, 5.74) is 4.60. The summed E-state index contributed by atoms with van der Waals surface area (Å²) in [4.78, 5) is 13.1. The van der Waals surface area contributed by atoms with E-state index in [1.807, 2.05) is 79.1 Å². The number of thioether (sulfide) groups is 1. The predicted octanol–water partition coefficient (Wildman–Crippen LogP) is 4.98. The first-order valence-corrected chi connectivity index (χ1v) is 12.0. The second-order valence-corrected chi connectivity index (χ2v) is 8.79. The van der Waals surface area contributed by atoms with Crippen molar-refractivity contribution in [2.45, 2.75) is 25.5 Å². The lowest BCUT2D eigenvalue weighted by Crippen LogP contribution is -2.10. The zero-order chi connectivity index (χ0) is 24.1. The van der Waals surface area contributed by atoms with Gasteiger partial charge in [-0.15, -0.1) is 10.2 Å². The van der Waals surface area contributed by atoms with Crippen LogP contribution in [0.3, 0.4) is 0 Å². The number of benzene rings is 2. The topological polar surface area (TPSA) is 71.2 Å². The molecule has 0 fully saturated rings. The van der Waals surface area contributed by atoms with Gasteiger partial charge in [-0.3, -0.25) is 9.36 Å². The van der Waals surface area contributed by atoms with E-state index in [-0.39, 0.29) is 11.5 Å². The molecular weight excluding hydrogens is 448 g/mol. The number of aryl methyl sites for hydroxylation is 1. The van der Waals surface area contributed by atoms with Gasteiger partial charge < -0.3 is 14.0 Å². The van der Waals surface area contributed by atoms with Crippen molar-refractivity contribution >= 4 is 17.5 Å². The lowest BCUT2D eigenvalue weighted by Gasteiger charge is -2.11. The van der Waals surface area contributed by atoms with Crippen LogP contribution in [-0.4, -0.2) is 51.7 Å². The van der Waals surface area contributed by atoms with Crippen LogP contribution in [0.1, 0.15) is 21.7 Å². The van der Waals surface area contributed by atoms with Crippen molar-refractivity contribution in [2.75, 3.05) is 26.6 Å². The van der Waals surface area contributed by atoms with Gasteiger partial charge >= 0.3 is 0 Å². The predicted molar refractivity (Wildman–Crippen MR) is 134 cm³/mol. The fourth-order valence-electron chi connectivity index (χ4n) is 3.92. The molecule has 2 aromatic heterocycles. The van der Waals surface area contributed by atoms with E-state index in [0.29, 0.717) is 17.6 Å². The second kappa shape index (κ2) is 10.7. The smallest absolute Gasteiger partial charge is 0.196 e. The van der Waals surface area contributed by atoms with Crippen molar-refractivity contribution in [2.24, 2.45) is 0 Å². The Morgan fingerprint density at radius 2 is 1.74 bits per heavy atom. The van der Waals surface area contributed by atoms with E-state index in [9.17, 15) is 4.79 Å². The van der Waals surface area contributed by atoms with Gasteiger partial charge in [0.1, 0.15) is 5.75 Å². The molecule has 7 nitrogen and oxygen atoms in total. The molecule has 0 radical (unpaired) electrons. The molecule has 4 aromatic rings. The summed E-state index contributed by atoms with van der Waals surface area (Å²) in [5.74, 6) is 1.82. The minimum absolute atomic E-state index is 0.0652. The number of rotatable bonds is 10. The van der Waals surface area contributed by atoms with Gasteiger partial charge in [-0.2, -0.15) is 0 Å². The standard InChI is InChI=1S/C26H28N4O3S/c1-18-16-23(19(2)29(18)14-15-32-3)24(31)17-34-26-28-27-25(20-10-12-22(33-4)13-11-20)30(26)21-8-6-5-7-9-21/h5-13,16H,14-15,17H2,1-4H3. The first kappa shape index (κ1) is 23.8. The molecule has 34 heavy (non-hydrogen) atoms. The van der Waals surface area contributed by atoms with Gasteiger partial charge in [0.2, 0.25) is 0 Å². The normalized spacial score (nSPS) is 11.1. The molecule has 0 bridgehead atoms. The highest BCUT2D eigenvalue weighted by Crippen LogP contribution is 2.29. The van der Waals surface area contributed by atoms with Gasteiger partial charge in [-0.05, 0) is 56.3 Å². The minimum Gasteiger partial charge on any atom is -0.497 e. The fraction of sp³-hybridized carbons (Fsp3) is 0.269. The summed E-state index contributed by atoms with van der Waals surface area (Å²) in [6.07, 6.45) is 0. The molecule has 8 heteroatoms.